The maximum absolute atomic E-state index is 12.3. The SMILES string of the molecule is O=C(O)[C@H](Cc1ccccc1)NS(=O)(=O)Cc1ccccc1[N+](=O)[O-]. The van der Waals surface area contributed by atoms with Gasteiger partial charge in [-0.2, -0.15) is 0 Å². The number of benzene rings is 2. The number of nitrogens with one attached hydrogen (secondary N) is 1. The van der Waals surface area contributed by atoms with Crippen LogP contribution in [0.1, 0.15) is 11.1 Å². The van der Waals surface area contributed by atoms with E-state index in [0.29, 0.717) is 5.56 Å². The van der Waals surface area contributed by atoms with Crippen LogP contribution in [0.3, 0.4) is 0 Å². The zero-order chi connectivity index (χ0) is 18.4. The van der Waals surface area contributed by atoms with Crippen molar-refractivity contribution in [2.45, 2.75) is 18.2 Å². The first kappa shape index (κ1) is 18.6. The van der Waals surface area contributed by atoms with Crippen molar-refractivity contribution in [3.05, 3.63) is 75.8 Å². The average molecular weight is 364 g/mol. The van der Waals surface area contributed by atoms with Gasteiger partial charge >= 0.3 is 5.97 Å². The molecule has 8 nitrogen and oxygen atoms in total. The van der Waals surface area contributed by atoms with Crippen LogP contribution in [0.15, 0.2) is 54.6 Å². The Morgan fingerprint density at radius 1 is 1.12 bits per heavy atom. The minimum Gasteiger partial charge on any atom is -0.480 e. The number of rotatable bonds is 8. The molecule has 0 heterocycles. The fourth-order valence-corrected chi connectivity index (χ4v) is 3.66. The van der Waals surface area contributed by atoms with Crippen LogP contribution in [0.25, 0.3) is 0 Å². The standard InChI is InChI=1S/C16H16N2O6S/c19-16(20)14(10-12-6-2-1-3-7-12)17-25(23,24)11-13-8-4-5-9-15(13)18(21)22/h1-9,14,17H,10-11H2,(H,19,20)/t14-/m0/s1. The quantitative estimate of drug-likeness (QED) is 0.542. The third-order valence-corrected chi connectivity index (χ3v) is 4.77. The average Bonchev–Trinajstić information content (AvgIpc) is 2.54. The number of carboxylic acid groups (broad SMARTS) is 1. The minimum atomic E-state index is -4.09. The fraction of sp³-hybridized carbons (Fsp3) is 0.188. The van der Waals surface area contributed by atoms with Gasteiger partial charge in [-0.25, -0.2) is 13.1 Å². The summed E-state index contributed by atoms with van der Waals surface area (Å²) in [5, 5.41) is 20.2. The second kappa shape index (κ2) is 7.86. The number of sulfonamides is 1. The van der Waals surface area contributed by atoms with E-state index in [2.05, 4.69) is 4.72 Å². The van der Waals surface area contributed by atoms with Gasteiger partial charge in [0.1, 0.15) is 6.04 Å². The molecule has 1 atom stereocenters. The third kappa shape index (κ3) is 5.37. The molecule has 0 unspecified atom stereocenters. The lowest BCUT2D eigenvalue weighted by Crippen LogP contribution is -2.42. The van der Waals surface area contributed by atoms with Gasteiger partial charge in [0.25, 0.3) is 5.69 Å². The zero-order valence-electron chi connectivity index (χ0n) is 13.0. The van der Waals surface area contributed by atoms with Crippen molar-refractivity contribution in [1.82, 2.24) is 4.72 Å². The van der Waals surface area contributed by atoms with Gasteiger partial charge in [0.05, 0.1) is 10.7 Å². The van der Waals surface area contributed by atoms with E-state index in [1.807, 2.05) is 0 Å². The zero-order valence-corrected chi connectivity index (χ0v) is 13.8. The molecule has 0 aliphatic carbocycles. The molecule has 2 rings (SSSR count). The number of aliphatic carboxylic acids is 1. The van der Waals surface area contributed by atoms with Gasteiger partial charge in [-0.1, -0.05) is 48.5 Å². The van der Waals surface area contributed by atoms with E-state index in [1.165, 1.54) is 24.3 Å². The molecule has 0 radical (unpaired) electrons. The number of nitro groups is 1. The van der Waals surface area contributed by atoms with E-state index < -0.39 is 32.7 Å². The summed E-state index contributed by atoms with van der Waals surface area (Å²) in [6.45, 7) is 0. The summed E-state index contributed by atoms with van der Waals surface area (Å²) in [5.74, 6) is -2.00. The number of carbonyl (C=O) groups is 1. The highest BCUT2D eigenvalue weighted by Crippen LogP contribution is 2.20. The van der Waals surface area contributed by atoms with Crippen molar-refractivity contribution in [3.63, 3.8) is 0 Å². The number of nitrogens with zero attached hydrogens (tertiary/aromatic N) is 1. The van der Waals surface area contributed by atoms with Crippen LogP contribution in [-0.2, 0) is 27.0 Å². The summed E-state index contributed by atoms with van der Waals surface area (Å²) < 4.78 is 26.7. The monoisotopic (exact) mass is 364 g/mol. The molecule has 2 N–H and O–H groups in total. The lowest BCUT2D eigenvalue weighted by atomic mass is 10.1. The van der Waals surface area contributed by atoms with Gasteiger partial charge in [0, 0.05) is 11.6 Å². The lowest BCUT2D eigenvalue weighted by molar-refractivity contribution is -0.385. The van der Waals surface area contributed by atoms with E-state index >= 15 is 0 Å². The predicted molar refractivity (Wildman–Crippen MR) is 90.4 cm³/mol. The van der Waals surface area contributed by atoms with E-state index in [4.69, 9.17) is 0 Å². The second-order valence-electron chi connectivity index (χ2n) is 5.34. The van der Waals surface area contributed by atoms with E-state index in [-0.39, 0.29) is 17.7 Å². The van der Waals surface area contributed by atoms with Crippen molar-refractivity contribution in [2.75, 3.05) is 0 Å². The van der Waals surface area contributed by atoms with Crippen molar-refractivity contribution in [3.8, 4) is 0 Å². The first-order valence-corrected chi connectivity index (χ1v) is 8.93. The van der Waals surface area contributed by atoms with Crippen molar-refractivity contribution < 1.29 is 23.2 Å². The molecule has 2 aromatic rings. The summed E-state index contributed by atoms with van der Waals surface area (Å²) in [6.07, 6.45) is -0.0354. The van der Waals surface area contributed by atoms with Gasteiger partial charge in [-0.05, 0) is 12.0 Å². The summed E-state index contributed by atoms with van der Waals surface area (Å²) in [7, 11) is -4.09. The molecule has 0 aliphatic rings. The van der Waals surface area contributed by atoms with Gasteiger partial charge in [-0.3, -0.25) is 14.9 Å². The number of para-hydroxylation sites is 1. The maximum Gasteiger partial charge on any atom is 0.322 e. The Labute approximate surface area is 144 Å². The highest BCUT2D eigenvalue weighted by atomic mass is 32.2. The Morgan fingerprint density at radius 2 is 1.72 bits per heavy atom. The lowest BCUT2D eigenvalue weighted by Gasteiger charge is -2.15. The number of carboxylic acids is 1. The van der Waals surface area contributed by atoms with Crippen LogP contribution < -0.4 is 4.72 Å². The fourth-order valence-electron chi connectivity index (χ4n) is 2.30. The number of nitro benzene ring substituents is 1. The molecule has 132 valence electrons. The van der Waals surface area contributed by atoms with Crippen molar-refractivity contribution >= 4 is 21.7 Å². The van der Waals surface area contributed by atoms with Crippen LogP contribution in [0.4, 0.5) is 5.69 Å². The maximum atomic E-state index is 12.3. The van der Waals surface area contributed by atoms with Crippen LogP contribution in [0.5, 0.6) is 0 Å². The summed E-state index contributed by atoms with van der Waals surface area (Å²) in [4.78, 5) is 21.7. The normalized spacial score (nSPS) is 12.5. The van der Waals surface area contributed by atoms with Crippen LogP contribution >= 0.6 is 0 Å². The topological polar surface area (TPSA) is 127 Å². The predicted octanol–water partition coefficient (Wildman–Crippen LogP) is 1.71. The Hall–Kier alpha value is -2.78. The Kier molecular flexibility index (Phi) is 5.84. The molecule has 25 heavy (non-hydrogen) atoms. The van der Waals surface area contributed by atoms with Gasteiger partial charge in [0.2, 0.25) is 10.0 Å². The Balaban J connectivity index is 2.18. The van der Waals surface area contributed by atoms with E-state index in [0.717, 1.165) is 0 Å². The molecule has 0 spiro atoms. The van der Waals surface area contributed by atoms with Crippen molar-refractivity contribution in [1.29, 1.82) is 0 Å². The van der Waals surface area contributed by atoms with E-state index in [1.54, 1.807) is 30.3 Å². The highest BCUT2D eigenvalue weighted by molar-refractivity contribution is 7.88. The molecule has 9 heteroatoms. The molecule has 0 bridgehead atoms. The summed E-state index contributed by atoms with van der Waals surface area (Å²) >= 11 is 0. The molecule has 2 aromatic carbocycles. The molecular weight excluding hydrogens is 348 g/mol. The second-order valence-corrected chi connectivity index (χ2v) is 7.10. The smallest absolute Gasteiger partial charge is 0.322 e. The van der Waals surface area contributed by atoms with Gasteiger partial charge in [0.15, 0.2) is 0 Å². The molecular formula is C16H16N2O6S. The largest absolute Gasteiger partial charge is 0.480 e. The highest BCUT2D eigenvalue weighted by Gasteiger charge is 2.26. The summed E-state index contributed by atoms with van der Waals surface area (Å²) in [6, 6.07) is 12.6. The Morgan fingerprint density at radius 3 is 2.32 bits per heavy atom. The molecule has 0 saturated heterocycles. The van der Waals surface area contributed by atoms with Crippen LogP contribution in [-0.4, -0.2) is 30.5 Å². The van der Waals surface area contributed by atoms with Crippen molar-refractivity contribution in [2.24, 2.45) is 0 Å². The van der Waals surface area contributed by atoms with Crippen LogP contribution in [0, 0.1) is 10.1 Å². The molecule has 0 aliphatic heterocycles. The first-order valence-electron chi connectivity index (χ1n) is 7.27. The van der Waals surface area contributed by atoms with Gasteiger partial charge in [-0.15, -0.1) is 0 Å². The molecule has 0 fully saturated rings. The van der Waals surface area contributed by atoms with E-state index in [9.17, 15) is 28.4 Å². The first-order chi connectivity index (χ1) is 11.8. The van der Waals surface area contributed by atoms with Crippen LogP contribution in [0.2, 0.25) is 0 Å². The number of hydrogen-bond donors (Lipinski definition) is 2. The van der Waals surface area contributed by atoms with Gasteiger partial charge < -0.3 is 5.11 Å². The molecule has 0 saturated carbocycles. The minimum absolute atomic E-state index is 0.0103. The molecule has 0 aromatic heterocycles. The molecule has 0 amide bonds. The summed E-state index contributed by atoms with van der Waals surface area (Å²) in [5.41, 5.74) is 0.315. The third-order valence-electron chi connectivity index (χ3n) is 3.44. The number of hydrogen-bond acceptors (Lipinski definition) is 5. The Bertz CT molecular complexity index is 867.